The Morgan fingerprint density at radius 3 is 2.04 bits per heavy atom. The third-order valence-electron chi connectivity index (χ3n) is 15.9. The molecule has 3 aromatic rings. The summed E-state index contributed by atoms with van der Waals surface area (Å²) in [5.74, 6) is -5.62. The topological polar surface area (TPSA) is 312 Å². The fourth-order valence-electron chi connectivity index (χ4n) is 10.8. The highest BCUT2D eigenvalue weighted by Crippen LogP contribution is 2.32. The van der Waals surface area contributed by atoms with Crippen molar-refractivity contribution in [3.8, 4) is 18.1 Å². The fraction of sp³-hybridized carbons (Fsp3) is 0.565. The molecule has 3 aliphatic rings. The second-order valence-electron chi connectivity index (χ2n) is 22.6. The second-order valence-corrected chi connectivity index (χ2v) is 23.9. The Morgan fingerprint density at radius 2 is 1.41 bits per heavy atom. The fourth-order valence-corrected chi connectivity index (χ4v) is 11.2. The first-order valence-electron chi connectivity index (χ1n) is 30.6. The maximum absolute atomic E-state index is 14.5. The molecule has 3 fully saturated rings. The minimum absolute atomic E-state index is 0.0431. The number of esters is 1. The highest BCUT2D eigenvalue weighted by molar-refractivity contribution is 14.1. The molecular formula is C62H83F2IN12O15. The van der Waals surface area contributed by atoms with Gasteiger partial charge in [-0.05, 0) is 103 Å². The lowest BCUT2D eigenvalue weighted by Crippen LogP contribution is -2.58. The van der Waals surface area contributed by atoms with Crippen LogP contribution in [-0.4, -0.2) is 274 Å². The number of hydrogen-bond donors (Lipinski definition) is 5. The Labute approximate surface area is 546 Å². The molecule has 27 nitrogen and oxygen atoms in total. The number of halogens is 3. The number of fused-ring (bicyclic) bond motifs is 1. The number of hydrogen-bond acceptors (Lipinski definition) is 20. The van der Waals surface area contributed by atoms with Crippen LogP contribution in [0.25, 0.3) is 10.9 Å². The number of rotatable bonds is 33. The number of pyridine rings is 1. The molecule has 3 saturated heterocycles. The Morgan fingerprint density at radius 1 is 0.772 bits per heavy atom. The number of terminal acetylenes is 1. The number of unbranched alkanes of at least 4 members (excludes halogenated alkanes) is 1. The molecule has 0 unspecified atom stereocenters. The number of aliphatic carboxylic acids is 1. The molecule has 502 valence electrons. The van der Waals surface area contributed by atoms with E-state index in [1.165, 1.54) is 12.3 Å². The Hall–Kier alpha value is -7.70. The number of carbonyl (C=O) groups excluding carboxylic acids is 9. The summed E-state index contributed by atoms with van der Waals surface area (Å²) in [5, 5.41) is 21.2. The number of nitrogens with one attached hydrogen (secondary N) is 4. The third-order valence-corrected chi connectivity index (χ3v) is 16.6. The number of carbonyl (C=O) groups is 10. The molecule has 5 N–H and O–H groups in total. The zero-order valence-corrected chi connectivity index (χ0v) is 53.9. The third kappa shape index (κ3) is 25.1. The molecule has 30 heteroatoms. The summed E-state index contributed by atoms with van der Waals surface area (Å²) in [5.41, 5.74) is 1.79. The number of aromatic nitrogens is 1. The summed E-state index contributed by atoms with van der Waals surface area (Å²) in [6.07, 6.45) is 8.80. The van der Waals surface area contributed by atoms with E-state index in [9.17, 15) is 61.8 Å². The van der Waals surface area contributed by atoms with E-state index in [0.717, 1.165) is 27.6 Å². The standard InChI is InChI=1S/C62H83F2IN12O15/c1-3-47-36-62(63,64)40-77(47)56(82)37-68-59(86)49-17-19-66-51-16-15-48(34-50(49)51)92-33-7-20-71-29-31-76(32-30-71)61(88)53(35-58(85)89-2)70-60(87)52(9-4-5-18-67-54(80)10-6-8-45-11-13-46(65)14-12-45)69-55(81)38-72-21-22-73(39-57(83)84)24-26-75(42-91-44-79)28-27-74(25-23-72)41-90-43-78/h1,11-17,19,34,43-44,47,52-53H,4-10,18,20-33,35-42H2,2H3,(H,67,80)(H,68,86)(H,69,81)(H,70,87)(H,83,84)/t47-,52-,53-/m0/s1. The summed E-state index contributed by atoms with van der Waals surface area (Å²) in [7, 11) is 1.16. The Bertz CT molecular complexity index is 3010. The molecule has 0 spiro atoms. The first-order chi connectivity index (χ1) is 44.3. The monoisotopic (exact) mass is 1400 g/mol. The molecule has 0 aliphatic carbocycles. The second kappa shape index (κ2) is 38.3. The van der Waals surface area contributed by atoms with Crippen LogP contribution in [0.3, 0.4) is 0 Å². The molecule has 0 bridgehead atoms. The summed E-state index contributed by atoms with van der Waals surface area (Å²) in [4.78, 5) is 145. The van der Waals surface area contributed by atoms with Crippen molar-refractivity contribution in [2.24, 2.45) is 0 Å². The summed E-state index contributed by atoms with van der Waals surface area (Å²) < 4.78 is 50.3. The van der Waals surface area contributed by atoms with Crippen LogP contribution in [0.2, 0.25) is 0 Å². The molecule has 1 aromatic heterocycles. The Kier molecular flexibility index (Phi) is 30.6. The van der Waals surface area contributed by atoms with Crippen molar-refractivity contribution in [3.05, 3.63) is 69.4 Å². The van der Waals surface area contributed by atoms with Gasteiger partial charge in [-0.1, -0.05) is 18.1 Å². The number of amides is 6. The quantitative estimate of drug-likeness (QED) is 0.0140. The van der Waals surface area contributed by atoms with Crippen molar-refractivity contribution < 1.29 is 80.8 Å². The number of likely N-dealkylation sites (tertiary alicyclic amines) is 1. The van der Waals surface area contributed by atoms with E-state index < -0.39 is 91.5 Å². The molecule has 0 radical (unpaired) electrons. The minimum atomic E-state index is -3.12. The van der Waals surface area contributed by atoms with Crippen molar-refractivity contribution in [3.63, 3.8) is 0 Å². The van der Waals surface area contributed by atoms with Gasteiger partial charge in [-0.25, -0.2) is 8.78 Å². The highest BCUT2D eigenvalue weighted by Gasteiger charge is 2.46. The van der Waals surface area contributed by atoms with Crippen LogP contribution >= 0.6 is 22.6 Å². The van der Waals surface area contributed by atoms with Gasteiger partial charge in [0.05, 0.1) is 63.4 Å². The summed E-state index contributed by atoms with van der Waals surface area (Å²) in [6.45, 7) is 3.39. The van der Waals surface area contributed by atoms with Gasteiger partial charge in [0.25, 0.3) is 24.8 Å². The molecule has 4 heterocycles. The normalized spacial score (nSPS) is 17.8. The lowest BCUT2D eigenvalue weighted by molar-refractivity contribution is -0.147. The van der Waals surface area contributed by atoms with Gasteiger partial charge >= 0.3 is 11.9 Å². The van der Waals surface area contributed by atoms with Crippen molar-refractivity contribution in [2.45, 2.75) is 81.8 Å². The van der Waals surface area contributed by atoms with Crippen LogP contribution in [0, 0.1) is 15.9 Å². The summed E-state index contributed by atoms with van der Waals surface area (Å²) >= 11 is 2.24. The van der Waals surface area contributed by atoms with E-state index in [1.807, 2.05) is 34.1 Å². The van der Waals surface area contributed by atoms with Crippen LogP contribution in [0.5, 0.6) is 5.75 Å². The van der Waals surface area contributed by atoms with E-state index in [2.05, 4.69) is 59.7 Å². The molecular weight excluding hydrogens is 1320 g/mol. The van der Waals surface area contributed by atoms with E-state index >= 15 is 0 Å². The number of carboxylic acid groups (broad SMARTS) is 1. The number of aryl methyl sites for hydroxylation is 1. The lowest BCUT2D eigenvalue weighted by atomic mass is 10.1. The zero-order valence-electron chi connectivity index (χ0n) is 51.7. The van der Waals surface area contributed by atoms with Gasteiger partial charge in [0.2, 0.25) is 29.5 Å². The number of ether oxygens (including phenoxy) is 4. The first-order valence-corrected chi connectivity index (χ1v) is 31.7. The van der Waals surface area contributed by atoms with Crippen molar-refractivity contribution >= 4 is 93.8 Å². The number of carboxylic acids is 1. The highest BCUT2D eigenvalue weighted by atomic mass is 127. The molecule has 3 atom stereocenters. The average Bonchev–Trinajstić information content (AvgIpc) is 1.32. The maximum atomic E-state index is 14.5. The maximum Gasteiger partial charge on any atom is 0.317 e. The molecule has 3 aliphatic heterocycles. The largest absolute Gasteiger partial charge is 0.494 e. The number of benzene rings is 2. The number of methoxy groups -OCH3 is 1. The molecule has 0 saturated carbocycles. The van der Waals surface area contributed by atoms with E-state index in [1.54, 1.807) is 32.9 Å². The van der Waals surface area contributed by atoms with Gasteiger partial charge in [0.15, 0.2) is 0 Å². The zero-order chi connectivity index (χ0) is 66.4. The Balaban J connectivity index is 1.05. The predicted octanol–water partition coefficient (Wildman–Crippen LogP) is 0.761. The molecule has 6 amide bonds. The number of alkyl halides is 2. The van der Waals surface area contributed by atoms with Crippen LogP contribution < -0.4 is 26.0 Å². The summed E-state index contributed by atoms with van der Waals surface area (Å²) in [6, 6.07) is 10.9. The van der Waals surface area contributed by atoms with Crippen molar-refractivity contribution in [1.29, 1.82) is 0 Å². The molecule has 92 heavy (non-hydrogen) atoms. The van der Waals surface area contributed by atoms with Gasteiger partial charge in [0.1, 0.15) is 31.3 Å². The van der Waals surface area contributed by atoms with Crippen LogP contribution in [-0.2, 0) is 63.8 Å². The van der Waals surface area contributed by atoms with Crippen LogP contribution in [0.4, 0.5) is 8.78 Å². The SMILES string of the molecule is C#C[C@H]1CC(F)(F)CN1C(=O)CNC(=O)c1ccnc2ccc(OCCCN3CCN(C(=O)[C@H](CC(=O)OC)NC(=O)[C@H](CCCCNC(=O)CCCc4ccc(I)cc4)NC(=O)CN4CCN(COC=O)CCN(COC=O)CCN(CC(=O)O)CC4)CC3)cc12. The van der Waals surface area contributed by atoms with Gasteiger partial charge in [-0.2, -0.15) is 0 Å². The number of nitrogens with zero attached hydrogens (tertiary/aromatic N) is 8. The predicted molar refractivity (Wildman–Crippen MR) is 338 cm³/mol. The van der Waals surface area contributed by atoms with Crippen LogP contribution in [0.15, 0.2) is 54.7 Å². The van der Waals surface area contributed by atoms with E-state index in [4.69, 9.17) is 25.4 Å². The number of piperazine rings is 1. The van der Waals surface area contributed by atoms with Crippen LogP contribution in [0.1, 0.15) is 67.3 Å². The lowest BCUT2D eigenvalue weighted by Gasteiger charge is -2.36. The average molecular weight is 1400 g/mol. The van der Waals surface area contributed by atoms with Gasteiger partial charge in [-0.3, -0.25) is 77.4 Å². The van der Waals surface area contributed by atoms with Gasteiger partial charge in [0, 0.05) is 120 Å². The van der Waals surface area contributed by atoms with Crippen molar-refractivity contribution in [2.75, 3.05) is 145 Å². The smallest absolute Gasteiger partial charge is 0.317 e. The van der Waals surface area contributed by atoms with E-state index in [-0.39, 0.29) is 90.3 Å². The van der Waals surface area contributed by atoms with E-state index in [0.29, 0.717) is 114 Å². The molecule has 6 rings (SSSR count). The molecule has 2 aromatic carbocycles. The minimum Gasteiger partial charge on any atom is -0.494 e. The van der Waals surface area contributed by atoms with Gasteiger partial charge < -0.3 is 55.1 Å². The first kappa shape index (κ1) is 73.4. The van der Waals surface area contributed by atoms with Gasteiger partial charge in [-0.15, -0.1) is 6.42 Å². The van der Waals surface area contributed by atoms with Crippen molar-refractivity contribution in [1.82, 2.24) is 60.6 Å².